The van der Waals surface area contributed by atoms with Crippen LogP contribution in [0.25, 0.3) is 42.9 Å². The van der Waals surface area contributed by atoms with Crippen molar-refractivity contribution in [2.75, 3.05) is 0 Å². The van der Waals surface area contributed by atoms with Crippen molar-refractivity contribution in [3.05, 3.63) is 103 Å². The summed E-state index contributed by atoms with van der Waals surface area (Å²) in [4.78, 5) is 6.06. The summed E-state index contributed by atoms with van der Waals surface area (Å²) < 4.78 is 1.27. The molecular formula is C29H25NS. The molecule has 0 unspecified atom stereocenters. The Bertz CT molecular complexity index is 1340. The summed E-state index contributed by atoms with van der Waals surface area (Å²) in [7, 11) is 0. The predicted octanol–water partition coefficient (Wildman–Crippen LogP) is 8.59. The maximum absolute atomic E-state index is 4.77. The normalized spacial score (nSPS) is 11.7. The lowest BCUT2D eigenvalue weighted by molar-refractivity contribution is 0.590. The van der Waals surface area contributed by atoms with Gasteiger partial charge >= 0.3 is 0 Å². The number of nitrogens with zero attached hydrogens (tertiary/aromatic N) is 1. The highest BCUT2D eigenvalue weighted by Crippen LogP contribution is 2.36. The molecule has 3 aromatic carbocycles. The quantitative estimate of drug-likeness (QED) is 0.285. The van der Waals surface area contributed by atoms with Crippen molar-refractivity contribution in [2.24, 2.45) is 0 Å². The molecule has 0 saturated heterocycles. The molecule has 0 saturated carbocycles. The molecule has 0 atom stereocenters. The number of rotatable bonds is 3. The minimum atomic E-state index is 0.172. The highest BCUT2D eigenvalue weighted by molar-refractivity contribution is 7.22. The van der Waals surface area contributed by atoms with Gasteiger partial charge in [0.15, 0.2) is 0 Å². The molecule has 2 heteroatoms. The summed E-state index contributed by atoms with van der Waals surface area (Å²) in [5, 5.41) is 1.20. The van der Waals surface area contributed by atoms with Gasteiger partial charge in [-0.25, -0.2) is 0 Å². The molecule has 0 aliphatic carbocycles. The van der Waals surface area contributed by atoms with Crippen LogP contribution in [-0.2, 0) is 5.41 Å². The van der Waals surface area contributed by atoms with Crippen molar-refractivity contribution in [1.29, 1.82) is 0 Å². The van der Waals surface area contributed by atoms with Crippen LogP contribution in [-0.4, -0.2) is 4.98 Å². The van der Waals surface area contributed by atoms with Crippen LogP contribution in [0, 0.1) is 0 Å². The lowest BCUT2D eigenvalue weighted by Gasteiger charge is -2.18. The second-order valence-electron chi connectivity index (χ2n) is 8.99. The van der Waals surface area contributed by atoms with E-state index in [9.17, 15) is 0 Å². The van der Waals surface area contributed by atoms with Crippen LogP contribution in [0.1, 0.15) is 26.3 Å². The molecule has 0 amide bonds. The predicted molar refractivity (Wildman–Crippen MR) is 135 cm³/mol. The molecule has 1 nitrogen and oxygen atoms in total. The highest BCUT2D eigenvalue weighted by Gasteiger charge is 2.14. The summed E-state index contributed by atoms with van der Waals surface area (Å²) in [5.41, 5.74) is 7.40. The van der Waals surface area contributed by atoms with Gasteiger partial charge in [0.2, 0.25) is 0 Å². The number of aromatic nitrogens is 1. The Morgan fingerprint density at radius 2 is 1.35 bits per heavy atom. The van der Waals surface area contributed by atoms with Crippen LogP contribution in [0.5, 0.6) is 0 Å². The molecule has 5 rings (SSSR count). The smallest absolute Gasteiger partial charge is 0.0716 e. The molecule has 2 aromatic heterocycles. The first kappa shape index (κ1) is 19.7. The van der Waals surface area contributed by atoms with Gasteiger partial charge < -0.3 is 0 Å². The van der Waals surface area contributed by atoms with Gasteiger partial charge in [0.25, 0.3) is 0 Å². The van der Waals surface area contributed by atoms with Gasteiger partial charge in [-0.1, -0.05) is 93.6 Å². The Labute approximate surface area is 188 Å². The maximum Gasteiger partial charge on any atom is 0.0716 e. The molecule has 0 aliphatic heterocycles. The Hall–Kier alpha value is -3.23. The monoisotopic (exact) mass is 419 g/mol. The summed E-state index contributed by atoms with van der Waals surface area (Å²) in [6.45, 7) is 6.75. The van der Waals surface area contributed by atoms with Crippen molar-refractivity contribution in [3.63, 3.8) is 0 Å². The Morgan fingerprint density at radius 1 is 0.645 bits per heavy atom. The number of benzene rings is 3. The second-order valence-corrected chi connectivity index (χ2v) is 10.1. The van der Waals surface area contributed by atoms with E-state index in [1.165, 1.54) is 37.2 Å². The number of hydrogen-bond acceptors (Lipinski definition) is 2. The largest absolute Gasteiger partial charge is 0.256 e. The van der Waals surface area contributed by atoms with Crippen LogP contribution in [0.15, 0.2) is 97.2 Å². The third-order valence-electron chi connectivity index (χ3n) is 5.70. The average Bonchev–Trinajstić information content (AvgIpc) is 3.23. The minimum Gasteiger partial charge on any atom is -0.256 e. The molecule has 0 spiro atoms. The first-order valence-corrected chi connectivity index (χ1v) is 11.5. The summed E-state index contributed by atoms with van der Waals surface area (Å²) in [5.74, 6) is 0. The van der Waals surface area contributed by atoms with E-state index >= 15 is 0 Å². The maximum atomic E-state index is 4.77. The molecular weight excluding hydrogens is 394 g/mol. The molecule has 0 N–H and O–H groups in total. The van der Waals surface area contributed by atoms with Crippen molar-refractivity contribution in [1.82, 2.24) is 4.98 Å². The molecule has 5 aromatic rings. The van der Waals surface area contributed by atoms with Gasteiger partial charge in [-0.3, -0.25) is 4.98 Å². The molecule has 0 fully saturated rings. The summed E-state index contributed by atoms with van der Waals surface area (Å²) >= 11 is 1.83. The molecule has 0 bridgehead atoms. The van der Waals surface area contributed by atoms with Crippen LogP contribution in [0.3, 0.4) is 0 Å². The van der Waals surface area contributed by atoms with E-state index in [2.05, 4.69) is 106 Å². The van der Waals surface area contributed by atoms with Gasteiger partial charge in [-0.05, 0) is 45.9 Å². The molecule has 2 heterocycles. The fourth-order valence-electron chi connectivity index (χ4n) is 3.86. The van der Waals surface area contributed by atoms with Gasteiger partial charge in [0.05, 0.1) is 5.69 Å². The van der Waals surface area contributed by atoms with Crippen molar-refractivity contribution in [2.45, 2.75) is 26.2 Å². The van der Waals surface area contributed by atoms with Crippen LogP contribution in [0.4, 0.5) is 0 Å². The van der Waals surface area contributed by atoms with E-state index in [1.54, 1.807) is 0 Å². The molecule has 152 valence electrons. The topological polar surface area (TPSA) is 12.9 Å². The van der Waals surface area contributed by atoms with E-state index in [1.807, 2.05) is 23.6 Å². The summed E-state index contributed by atoms with van der Waals surface area (Å²) in [6, 6.07) is 32.6. The van der Waals surface area contributed by atoms with E-state index in [0.29, 0.717) is 0 Å². The number of hydrogen-bond donors (Lipinski definition) is 0. The first-order chi connectivity index (χ1) is 15.0. The SMILES string of the molecule is CC(C)(C)c1ccc(-c2cc3cnc(-c4cccc(-c5ccccc5)c4)cc3s2)cc1. The van der Waals surface area contributed by atoms with Crippen molar-refractivity contribution in [3.8, 4) is 32.8 Å². The number of pyridine rings is 1. The van der Waals surface area contributed by atoms with E-state index < -0.39 is 0 Å². The lowest BCUT2D eigenvalue weighted by atomic mass is 9.86. The average molecular weight is 420 g/mol. The molecule has 0 radical (unpaired) electrons. The van der Waals surface area contributed by atoms with Crippen LogP contribution < -0.4 is 0 Å². The van der Waals surface area contributed by atoms with Crippen molar-refractivity contribution >= 4 is 21.4 Å². The second kappa shape index (κ2) is 7.79. The van der Waals surface area contributed by atoms with Crippen LogP contribution >= 0.6 is 11.3 Å². The first-order valence-electron chi connectivity index (χ1n) is 10.6. The van der Waals surface area contributed by atoms with E-state index in [0.717, 1.165) is 11.3 Å². The van der Waals surface area contributed by atoms with E-state index in [4.69, 9.17) is 4.98 Å². The fraction of sp³-hybridized carbons (Fsp3) is 0.138. The zero-order valence-corrected chi connectivity index (χ0v) is 18.9. The van der Waals surface area contributed by atoms with Gasteiger partial charge in [0, 0.05) is 26.7 Å². The summed E-state index contributed by atoms with van der Waals surface area (Å²) in [6.07, 6.45) is 2.00. The Balaban J connectivity index is 1.49. The van der Waals surface area contributed by atoms with Gasteiger partial charge in [0.1, 0.15) is 0 Å². The van der Waals surface area contributed by atoms with Gasteiger partial charge in [-0.2, -0.15) is 0 Å². The zero-order valence-electron chi connectivity index (χ0n) is 18.1. The Morgan fingerprint density at radius 3 is 2.10 bits per heavy atom. The minimum absolute atomic E-state index is 0.172. The number of fused-ring (bicyclic) bond motifs is 1. The van der Waals surface area contributed by atoms with E-state index in [-0.39, 0.29) is 5.41 Å². The molecule has 0 aliphatic rings. The van der Waals surface area contributed by atoms with Crippen molar-refractivity contribution < 1.29 is 0 Å². The molecule has 31 heavy (non-hydrogen) atoms. The highest BCUT2D eigenvalue weighted by atomic mass is 32.1. The van der Waals surface area contributed by atoms with Gasteiger partial charge in [-0.15, -0.1) is 11.3 Å². The fourth-order valence-corrected chi connectivity index (χ4v) is 4.93. The third kappa shape index (κ3) is 4.04. The zero-order chi connectivity index (χ0) is 21.4. The Kier molecular flexibility index (Phi) is 4.95. The number of thiophene rings is 1. The third-order valence-corrected chi connectivity index (χ3v) is 6.85. The van der Waals surface area contributed by atoms with Crippen LogP contribution in [0.2, 0.25) is 0 Å². The lowest BCUT2D eigenvalue weighted by Crippen LogP contribution is -2.10. The standard InChI is InChI=1S/C29H25NS/c1-29(2,3)25-14-12-21(13-15-25)27-17-24-19-30-26(18-28(24)31-27)23-11-7-10-22(16-23)20-8-5-4-6-9-20/h4-19H,1-3H3.